The van der Waals surface area contributed by atoms with Gasteiger partial charge in [-0.2, -0.15) is 0 Å². The molecule has 0 spiro atoms. The van der Waals surface area contributed by atoms with Crippen molar-refractivity contribution < 1.29 is 9.53 Å². The molecule has 0 aliphatic rings. The van der Waals surface area contributed by atoms with Gasteiger partial charge in [0, 0.05) is 0 Å². The molecule has 0 saturated heterocycles. The maximum atomic E-state index is 12.0. The molecule has 0 aromatic heterocycles. The van der Waals surface area contributed by atoms with Crippen LogP contribution in [0.2, 0.25) is 5.02 Å². The van der Waals surface area contributed by atoms with E-state index in [1.807, 2.05) is 51.1 Å². The smallest absolute Gasteiger partial charge is 0.262 e. The molecule has 0 atom stereocenters. The monoisotopic (exact) mass is 381 g/mol. The van der Waals surface area contributed by atoms with E-state index in [2.05, 4.69) is 21.2 Å². The van der Waals surface area contributed by atoms with Gasteiger partial charge in [0.1, 0.15) is 5.75 Å². The number of nitrogens with one attached hydrogen (secondary N) is 1. The van der Waals surface area contributed by atoms with Gasteiger partial charge in [0.15, 0.2) is 6.61 Å². The number of carbonyl (C=O) groups excluding carboxylic acids is 1. The highest BCUT2D eigenvalue weighted by atomic mass is 79.9. The van der Waals surface area contributed by atoms with Gasteiger partial charge in [-0.15, -0.1) is 0 Å². The second kappa shape index (κ2) is 7.16. The van der Waals surface area contributed by atoms with E-state index in [-0.39, 0.29) is 12.5 Å². The van der Waals surface area contributed by atoms with Gasteiger partial charge in [0.05, 0.1) is 15.2 Å². The minimum Gasteiger partial charge on any atom is -0.483 e. The van der Waals surface area contributed by atoms with Crippen molar-refractivity contribution in [2.24, 2.45) is 0 Å². The van der Waals surface area contributed by atoms with Gasteiger partial charge in [0.2, 0.25) is 0 Å². The number of ether oxygens (including phenoxy) is 1. The summed E-state index contributed by atoms with van der Waals surface area (Å²) in [4.78, 5) is 12.0. The number of carbonyl (C=O) groups is 1. The van der Waals surface area contributed by atoms with Crippen LogP contribution in [0.25, 0.3) is 0 Å². The van der Waals surface area contributed by atoms with Crippen molar-refractivity contribution in [2.45, 2.75) is 20.8 Å². The number of rotatable bonds is 4. The molecule has 0 aliphatic heterocycles. The molecule has 0 aliphatic carbocycles. The van der Waals surface area contributed by atoms with Gasteiger partial charge < -0.3 is 10.1 Å². The van der Waals surface area contributed by atoms with Gasteiger partial charge in [0.25, 0.3) is 5.91 Å². The van der Waals surface area contributed by atoms with Crippen molar-refractivity contribution in [3.63, 3.8) is 0 Å². The Balaban J connectivity index is 2.02. The topological polar surface area (TPSA) is 38.3 Å². The van der Waals surface area contributed by atoms with Crippen molar-refractivity contribution >= 4 is 39.1 Å². The van der Waals surface area contributed by atoms with Crippen molar-refractivity contribution in [2.75, 3.05) is 11.9 Å². The third-order valence-electron chi connectivity index (χ3n) is 3.14. The van der Waals surface area contributed by atoms with Gasteiger partial charge in [-0.3, -0.25) is 4.79 Å². The predicted molar refractivity (Wildman–Crippen MR) is 93.9 cm³/mol. The zero-order chi connectivity index (χ0) is 16.3. The van der Waals surface area contributed by atoms with E-state index >= 15 is 0 Å². The standard InChI is InChI=1S/C17H17BrClNO2/c1-10-4-5-15(13(18)7-10)22-9-16(21)20-17-12(3)6-11(2)8-14(17)19/h4-8H,9H2,1-3H3,(H,20,21). The van der Waals surface area contributed by atoms with Crippen LogP contribution in [0.1, 0.15) is 16.7 Å². The van der Waals surface area contributed by atoms with E-state index in [1.54, 1.807) is 0 Å². The summed E-state index contributed by atoms with van der Waals surface area (Å²) >= 11 is 9.59. The fourth-order valence-corrected chi connectivity index (χ4v) is 3.09. The Labute approximate surface area is 143 Å². The van der Waals surface area contributed by atoms with Gasteiger partial charge in [-0.25, -0.2) is 0 Å². The normalized spacial score (nSPS) is 10.4. The molecule has 0 unspecified atom stereocenters. The largest absolute Gasteiger partial charge is 0.483 e. The Hall–Kier alpha value is -1.52. The van der Waals surface area contributed by atoms with E-state index in [0.29, 0.717) is 16.5 Å². The van der Waals surface area contributed by atoms with Gasteiger partial charge in [-0.1, -0.05) is 23.7 Å². The molecule has 0 fully saturated rings. The van der Waals surface area contributed by atoms with Crippen molar-refractivity contribution in [3.8, 4) is 5.75 Å². The molecule has 22 heavy (non-hydrogen) atoms. The SMILES string of the molecule is Cc1cc(C)c(NC(=O)COc2ccc(C)cc2Br)c(Cl)c1. The summed E-state index contributed by atoms with van der Waals surface area (Å²) in [6.45, 7) is 5.78. The van der Waals surface area contributed by atoms with Gasteiger partial charge >= 0.3 is 0 Å². The number of anilines is 1. The lowest BCUT2D eigenvalue weighted by Gasteiger charge is -2.13. The van der Waals surface area contributed by atoms with E-state index in [0.717, 1.165) is 21.2 Å². The fourth-order valence-electron chi connectivity index (χ4n) is 2.12. The zero-order valence-electron chi connectivity index (χ0n) is 12.7. The molecule has 116 valence electrons. The second-order valence-corrected chi connectivity index (χ2v) is 6.47. The average molecular weight is 383 g/mol. The summed E-state index contributed by atoms with van der Waals surface area (Å²) in [5, 5.41) is 3.33. The first-order valence-electron chi connectivity index (χ1n) is 6.82. The van der Waals surface area contributed by atoms with Crippen LogP contribution < -0.4 is 10.1 Å². The van der Waals surface area contributed by atoms with E-state index in [9.17, 15) is 4.79 Å². The molecule has 0 radical (unpaired) electrons. The average Bonchev–Trinajstić information content (AvgIpc) is 2.42. The Morgan fingerprint density at radius 2 is 1.91 bits per heavy atom. The fraction of sp³-hybridized carbons (Fsp3) is 0.235. The van der Waals surface area contributed by atoms with Gasteiger partial charge in [-0.05, 0) is 71.6 Å². The highest BCUT2D eigenvalue weighted by Gasteiger charge is 2.11. The lowest BCUT2D eigenvalue weighted by Crippen LogP contribution is -2.21. The van der Waals surface area contributed by atoms with Crippen molar-refractivity contribution in [1.29, 1.82) is 0 Å². The Morgan fingerprint density at radius 1 is 1.18 bits per heavy atom. The summed E-state index contributed by atoms with van der Waals surface area (Å²) < 4.78 is 6.35. The molecule has 2 aromatic rings. The van der Waals surface area contributed by atoms with Crippen LogP contribution in [0.4, 0.5) is 5.69 Å². The molecule has 0 saturated carbocycles. The van der Waals surface area contributed by atoms with E-state index < -0.39 is 0 Å². The first-order chi connectivity index (χ1) is 10.4. The lowest BCUT2D eigenvalue weighted by atomic mass is 10.1. The predicted octanol–water partition coefficient (Wildman–Crippen LogP) is 5.05. The maximum absolute atomic E-state index is 12.0. The molecular formula is C17H17BrClNO2. The Morgan fingerprint density at radius 3 is 2.55 bits per heavy atom. The minimum atomic E-state index is -0.249. The molecule has 3 nitrogen and oxygen atoms in total. The zero-order valence-corrected chi connectivity index (χ0v) is 15.0. The molecule has 5 heteroatoms. The van der Waals surface area contributed by atoms with Crippen LogP contribution >= 0.6 is 27.5 Å². The highest BCUT2D eigenvalue weighted by molar-refractivity contribution is 9.10. The summed E-state index contributed by atoms with van der Waals surface area (Å²) in [6, 6.07) is 9.49. The quantitative estimate of drug-likeness (QED) is 0.804. The number of halogens is 2. The molecule has 1 amide bonds. The first-order valence-corrected chi connectivity index (χ1v) is 7.99. The van der Waals surface area contributed by atoms with Crippen molar-refractivity contribution in [3.05, 3.63) is 56.5 Å². The molecule has 0 bridgehead atoms. The van der Waals surface area contributed by atoms with Crippen LogP contribution in [0, 0.1) is 20.8 Å². The number of aryl methyl sites for hydroxylation is 3. The molecule has 0 heterocycles. The van der Waals surface area contributed by atoms with E-state index in [4.69, 9.17) is 16.3 Å². The molecule has 1 N–H and O–H groups in total. The minimum absolute atomic E-state index is 0.0781. The van der Waals surface area contributed by atoms with Crippen LogP contribution in [0.5, 0.6) is 5.75 Å². The Kier molecular flexibility index (Phi) is 5.48. The number of hydrogen-bond donors (Lipinski definition) is 1. The summed E-state index contributed by atoms with van der Waals surface area (Å²) in [5.41, 5.74) is 3.73. The highest BCUT2D eigenvalue weighted by Crippen LogP contribution is 2.28. The summed E-state index contributed by atoms with van der Waals surface area (Å²) in [6.07, 6.45) is 0. The molecule has 2 rings (SSSR count). The number of amides is 1. The third-order valence-corrected chi connectivity index (χ3v) is 4.06. The number of benzene rings is 2. The Bertz CT molecular complexity index is 693. The van der Waals surface area contributed by atoms with Crippen molar-refractivity contribution in [1.82, 2.24) is 0 Å². The van der Waals surface area contributed by atoms with Crippen LogP contribution in [-0.2, 0) is 4.79 Å². The first kappa shape index (κ1) is 16.8. The number of hydrogen-bond acceptors (Lipinski definition) is 2. The van der Waals surface area contributed by atoms with Crippen LogP contribution in [0.15, 0.2) is 34.8 Å². The maximum Gasteiger partial charge on any atom is 0.262 e. The summed E-state index contributed by atoms with van der Waals surface area (Å²) in [5.74, 6) is 0.383. The third kappa shape index (κ3) is 4.24. The summed E-state index contributed by atoms with van der Waals surface area (Å²) in [7, 11) is 0. The van der Waals surface area contributed by atoms with E-state index in [1.165, 1.54) is 0 Å². The molecular weight excluding hydrogens is 366 g/mol. The molecule has 2 aromatic carbocycles. The van der Waals surface area contributed by atoms with Crippen LogP contribution in [-0.4, -0.2) is 12.5 Å². The second-order valence-electron chi connectivity index (χ2n) is 5.21. The lowest BCUT2D eigenvalue weighted by molar-refractivity contribution is -0.118. The van der Waals surface area contributed by atoms with Crippen LogP contribution in [0.3, 0.4) is 0 Å².